The summed E-state index contributed by atoms with van der Waals surface area (Å²) in [5.41, 5.74) is 1.37. The zero-order valence-electron chi connectivity index (χ0n) is 13.3. The fraction of sp³-hybridized carbons (Fsp3) is 0.824. The number of nitrogens with zero attached hydrogens (tertiary/aromatic N) is 2. The summed E-state index contributed by atoms with van der Waals surface area (Å²) in [7, 11) is 0. The molecule has 1 heterocycles. The lowest BCUT2D eigenvalue weighted by molar-refractivity contribution is 0.314. The Kier molecular flexibility index (Phi) is 6.58. The van der Waals surface area contributed by atoms with Crippen molar-refractivity contribution in [1.82, 2.24) is 15.1 Å². The Labute approximate surface area is 124 Å². The van der Waals surface area contributed by atoms with Crippen LogP contribution in [0.5, 0.6) is 0 Å². The van der Waals surface area contributed by atoms with Crippen LogP contribution < -0.4 is 5.32 Å². The van der Waals surface area contributed by atoms with Crippen LogP contribution in [0.1, 0.15) is 76.8 Å². The molecule has 1 fully saturated rings. The van der Waals surface area contributed by atoms with Crippen molar-refractivity contribution in [2.24, 2.45) is 5.92 Å². The molecule has 114 valence electrons. The molecule has 1 aromatic heterocycles. The molecule has 1 aliphatic carbocycles. The monoisotopic (exact) mass is 277 g/mol. The first-order valence-corrected chi connectivity index (χ1v) is 8.59. The van der Waals surface area contributed by atoms with E-state index in [1.165, 1.54) is 56.9 Å². The van der Waals surface area contributed by atoms with Gasteiger partial charge in [-0.05, 0) is 38.6 Å². The Hall–Kier alpha value is -0.830. The average Bonchev–Trinajstić information content (AvgIpc) is 2.97. The molecule has 1 aromatic rings. The second-order valence-corrected chi connectivity index (χ2v) is 6.22. The predicted octanol–water partition coefficient (Wildman–Crippen LogP) is 4.30. The lowest BCUT2D eigenvalue weighted by atomic mass is 9.84. The maximum absolute atomic E-state index is 4.44. The van der Waals surface area contributed by atoms with Gasteiger partial charge in [-0.1, -0.05) is 39.0 Å². The summed E-state index contributed by atoms with van der Waals surface area (Å²) in [6, 6.07) is 0.497. The van der Waals surface area contributed by atoms with Crippen LogP contribution in [0.4, 0.5) is 0 Å². The van der Waals surface area contributed by atoms with E-state index in [1.54, 1.807) is 0 Å². The molecule has 2 rings (SSSR count). The lowest BCUT2D eigenvalue weighted by Crippen LogP contribution is -2.23. The van der Waals surface area contributed by atoms with E-state index < -0.39 is 0 Å². The zero-order chi connectivity index (χ0) is 14.2. The fourth-order valence-electron chi connectivity index (χ4n) is 3.32. The van der Waals surface area contributed by atoms with E-state index in [4.69, 9.17) is 0 Å². The molecule has 0 aliphatic heterocycles. The summed E-state index contributed by atoms with van der Waals surface area (Å²) < 4.78 is 2.04. The van der Waals surface area contributed by atoms with Crippen LogP contribution in [0, 0.1) is 5.92 Å². The number of aromatic nitrogens is 2. The molecular formula is C17H31N3. The van der Waals surface area contributed by atoms with Crippen molar-refractivity contribution >= 4 is 0 Å². The van der Waals surface area contributed by atoms with E-state index in [-0.39, 0.29) is 0 Å². The fourth-order valence-corrected chi connectivity index (χ4v) is 3.32. The van der Waals surface area contributed by atoms with Gasteiger partial charge in [-0.3, -0.25) is 4.68 Å². The highest BCUT2D eigenvalue weighted by atomic mass is 15.3. The van der Waals surface area contributed by atoms with Crippen molar-refractivity contribution in [3.05, 3.63) is 18.0 Å². The highest BCUT2D eigenvalue weighted by Crippen LogP contribution is 2.30. The normalized spacial score (nSPS) is 18.3. The summed E-state index contributed by atoms with van der Waals surface area (Å²) in [5.74, 6) is 0.968. The maximum atomic E-state index is 4.44. The molecule has 1 saturated carbocycles. The van der Waals surface area contributed by atoms with E-state index in [0.717, 1.165) is 19.0 Å². The van der Waals surface area contributed by atoms with Gasteiger partial charge in [-0.2, -0.15) is 5.10 Å². The van der Waals surface area contributed by atoms with Gasteiger partial charge in [0.1, 0.15) is 0 Å². The van der Waals surface area contributed by atoms with Gasteiger partial charge < -0.3 is 5.32 Å². The van der Waals surface area contributed by atoms with Crippen molar-refractivity contribution < 1.29 is 0 Å². The van der Waals surface area contributed by atoms with E-state index in [1.807, 2.05) is 4.68 Å². The van der Waals surface area contributed by atoms with Gasteiger partial charge in [-0.15, -0.1) is 0 Å². The second-order valence-electron chi connectivity index (χ2n) is 6.22. The first-order chi connectivity index (χ1) is 9.83. The number of rotatable bonds is 8. The molecule has 0 bridgehead atoms. The maximum Gasteiger partial charge on any atom is 0.0537 e. The van der Waals surface area contributed by atoms with Gasteiger partial charge in [0.2, 0.25) is 0 Å². The minimum atomic E-state index is 0.497. The third-order valence-corrected chi connectivity index (χ3v) is 4.61. The molecule has 1 N–H and O–H groups in total. The molecule has 0 amide bonds. The molecule has 0 saturated heterocycles. The molecule has 3 heteroatoms. The van der Waals surface area contributed by atoms with Crippen LogP contribution >= 0.6 is 0 Å². The van der Waals surface area contributed by atoms with Crippen molar-refractivity contribution in [1.29, 1.82) is 0 Å². The van der Waals surface area contributed by atoms with E-state index in [0.29, 0.717) is 6.04 Å². The summed E-state index contributed by atoms with van der Waals surface area (Å²) >= 11 is 0. The molecule has 0 spiro atoms. The first-order valence-electron chi connectivity index (χ1n) is 8.59. The van der Waals surface area contributed by atoms with Crippen molar-refractivity contribution in [2.45, 2.75) is 77.8 Å². The Morgan fingerprint density at radius 2 is 2.10 bits per heavy atom. The van der Waals surface area contributed by atoms with Crippen LogP contribution in [0.2, 0.25) is 0 Å². The molecule has 1 atom stereocenters. The number of nitrogens with one attached hydrogen (secondary N) is 1. The van der Waals surface area contributed by atoms with Gasteiger partial charge in [0, 0.05) is 24.3 Å². The summed E-state index contributed by atoms with van der Waals surface area (Å²) in [6.07, 6.45) is 15.4. The van der Waals surface area contributed by atoms with Crippen LogP contribution in [-0.2, 0) is 6.54 Å². The quantitative estimate of drug-likeness (QED) is 0.767. The number of hydrogen-bond donors (Lipinski definition) is 1. The Balaban J connectivity index is 1.88. The SMILES string of the molecule is CCCNC(CCC1CCCCC1)c1cnn(CC)c1. The minimum Gasteiger partial charge on any atom is -0.310 e. The van der Waals surface area contributed by atoms with Crippen molar-refractivity contribution in [3.8, 4) is 0 Å². The zero-order valence-corrected chi connectivity index (χ0v) is 13.3. The van der Waals surface area contributed by atoms with E-state index in [2.05, 4.69) is 36.7 Å². The minimum absolute atomic E-state index is 0.497. The van der Waals surface area contributed by atoms with Gasteiger partial charge >= 0.3 is 0 Å². The third-order valence-electron chi connectivity index (χ3n) is 4.61. The Morgan fingerprint density at radius 3 is 2.75 bits per heavy atom. The largest absolute Gasteiger partial charge is 0.310 e. The predicted molar refractivity (Wildman–Crippen MR) is 84.7 cm³/mol. The first kappa shape index (κ1) is 15.6. The molecule has 20 heavy (non-hydrogen) atoms. The van der Waals surface area contributed by atoms with E-state index in [9.17, 15) is 0 Å². The van der Waals surface area contributed by atoms with Crippen LogP contribution in [0.15, 0.2) is 12.4 Å². The van der Waals surface area contributed by atoms with Crippen LogP contribution in [0.25, 0.3) is 0 Å². The van der Waals surface area contributed by atoms with Crippen molar-refractivity contribution in [3.63, 3.8) is 0 Å². The second kappa shape index (κ2) is 8.46. The standard InChI is InChI=1S/C17H31N3/c1-3-12-18-17(16-13-19-20(4-2)14-16)11-10-15-8-6-5-7-9-15/h13-15,17-18H,3-12H2,1-2H3. The Morgan fingerprint density at radius 1 is 1.30 bits per heavy atom. The van der Waals surface area contributed by atoms with Crippen molar-refractivity contribution in [2.75, 3.05) is 6.54 Å². The third kappa shape index (κ3) is 4.62. The molecule has 3 nitrogen and oxygen atoms in total. The number of aryl methyl sites for hydroxylation is 1. The molecule has 1 unspecified atom stereocenters. The highest BCUT2D eigenvalue weighted by molar-refractivity contribution is 5.10. The van der Waals surface area contributed by atoms with Gasteiger partial charge in [0.05, 0.1) is 6.20 Å². The molecule has 0 aromatic carbocycles. The topological polar surface area (TPSA) is 29.9 Å². The smallest absolute Gasteiger partial charge is 0.0537 e. The van der Waals surface area contributed by atoms with Gasteiger partial charge in [0.25, 0.3) is 0 Å². The summed E-state index contributed by atoms with van der Waals surface area (Å²) in [5, 5.41) is 8.14. The average molecular weight is 277 g/mol. The van der Waals surface area contributed by atoms with Crippen LogP contribution in [0.3, 0.4) is 0 Å². The van der Waals surface area contributed by atoms with E-state index >= 15 is 0 Å². The van der Waals surface area contributed by atoms with Gasteiger partial charge in [0.15, 0.2) is 0 Å². The number of hydrogen-bond acceptors (Lipinski definition) is 2. The Bertz CT molecular complexity index is 366. The molecule has 0 radical (unpaired) electrons. The highest BCUT2D eigenvalue weighted by Gasteiger charge is 2.18. The summed E-state index contributed by atoms with van der Waals surface area (Å²) in [6.45, 7) is 6.45. The molecule has 1 aliphatic rings. The van der Waals surface area contributed by atoms with Crippen LogP contribution in [-0.4, -0.2) is 16.3 Å². The molecular weight excluding hydrogens is 246 g/mol. The summed E-state index contributed by atoms with van der Waals surface area (Å²) in [4.78, 5) is 0. The lowest BCUT2D eigenvalue weighted by Gasteiger charge is -2.24. The van der Waals surface area contributed by atoms with Gasteiger partial charge in [-0.25, -0.2) is 0 Å².